The molecule has 0 radical (unpaired) electrons. The molecule has 0 bridgehead atoms. The van der Waals surface area contributed by atoms with Crippen molar-refractivity contribution >= 4 is 27.3 Å². The van der Waals surface area contributed by atoms with Crippen molar-refractivity contribution in [2.24, 2.45) is 5.41 Å². The Kier molecular flexibility index (Phi) is 3.32. The van der Waals surface area contributed by atoms with Crippen molar-refractivity contribution in [3.8, 4) is 0 Å². The van der Waals surface area contributed by atoms with E-state index in [4.69, 9.17) is 5.11 Å². The van der Waals surface area contributed by atoms with Crippen LogP contribution in [0.2, 0.25) is 0 Å². The van der Waals surface area contributed by atoms with Gasteiger partial charge < -0.3 is 5.11 Å². The summed E-state index contributed by atoms with van der Waals surface area (Å²) in [6, 6.07) is 2.11. The fraction of sp³-hybridized carbons (Fsp3) is 0.556. The van der Waals surface area contributed by atoms with Gasteiger partial charge in [0.2, 0.25) is 0 Å². The quantitative estimate of drug-likeness (QED) is 0.872. The fourth-order valence-corrected chi connectivity index (χ4v) is 2.68. The van der Waals surface area contributed by atoms with Crippen LogP contribution in [0.5, 0.6) is 0 Å². The highest BCUT2D eigenvalue weighted by Crippen LogP contribution is 2.27. The molecule has 0 fully saturated rings. The van der Waals surface area contributed by atoms with Crippen LogP contribution in [-0.4, -0.2) is 11.7 Å². The van der Waals surface area contributed by atoms with Crippen LogP contribution in [0.15, 0.2) is 15.9 Å². The summed E-state index contributed by atoms with van der Waals surface area (Å²) in [5.74, 6) is 0. The van der Waals surface area contributed by atoms with Crippen LogP contribution < -0.4 is 0 Å². The molecule has 0 aromatic carbocycles. The lowest BCUT2D eigenvalue weighted by molar-refractivity contribution is 0.160. The molecule has 68 valence electrons. The summed E-state index contributed by atoms with van der Waals surface area (Å²) in [4.78, 5) is 1.32. The molecule has 1 nitrogen and oxygen atoms in total. The Labute approximate surface area is 85.6 Å². The highest BCUT2D eigenvalue weighted by molar-refractivity contribution is 9.10. The topological polar surface area (TPSA) is 20.2 Å². The number of rotatable bonds is 3. The first-order chi connectivity index (χ1) is 5.53. The molecule has 0 aliphatic rings. The Balaban J connectivity index is 2.63. The number of thiophene rings is 1. The molecule has 0 amide bonds. The van der Waals surface area contributed by atoms with Crippen molar-refractivity contribution < 1.29 is 5.11 Å². The second kappa shape index (κ2) is 3.90. The molecule has 1 aromatic heterocycles. The van der Waals surface area contributed by atoms with Crippen molar-refractivity contribution in [2.75, 3.05) is 6.61 Å². The van der Waals surface area contributed by atoms with E-state index in [0.717, 1.165) is 10.9 Å². The van der Waals surface area contributed by atoms with Gasteiger partial charge in [0.25, 0.3) is 0 Å². The van der Waals surface area contributed by atoms with Crippen LogP contribution in [0.3, 0.4) is 0 Å². The van der Waals surface area contributed by atoms with E-state index in [2.05, 4.69) is 41.2 Å². The highest BCUT2D eigenvalue weighted by atomic mass is 79.9. The Hall–Kier alpha value is 0.140. The lowest BCUT2D eigenvalue weighted by Gasteiger charge is -2.19. The van der Waals surface area contributed by atoms with Gasteiger partial charge in [0.05, 0.1) is 0 Å². The zero-order valence-corrected chi connectivity index (χ0v) is 9.70. The third-order valence-corrected chi connectivity index (χ3v) is 3.40. The van der Waals surface area contributed by atoms with Crippen molar-refractivity contribution in [2.45, 2.75) is 20.3 Å². The van der Waals surface area contributed by atoms with Crippen LogP contribution in [0.1, 0.15) is 18.7 Å². The molecule has 0 unspecified atom stereocenters. The van der Waals surface area contributed by atoms with E-state index >= 15 is 0 Å². The van der Waals surface area contributed by atoms with Crippen LogP contribution in [0.25, 0.3) is 0 Å². The van der Waals surface area contributed by atoms with Crippen LogP contribution >= 0.6 is 27.3 Å². The standard InChI is InChI=1S/C9H13BrOS/c1-9(2,6-11)4-8-3-7(10)5-12-8/h3,5,11H,4,6H2,1-2H3. The number of hydrogen-bond acceptors (Lipinski definition) is 2. The van der Waals surface area contributed by atoms with Crippen molar-refractivity contribution in [1.82, 2.24) is 0 Å². The molecule has 1 aromatic rings. The number of hydrogen-bond donors (Lipinski definition) is 1. The lowest BCUT2D eigenvalue weighted by Crippen LogP contribution is -2.18. The summed E-state index contributed by atoms with van der Waals surface area (Å²) in [5.41, 5.74) is 0.00426. The first kappa shape index (κ1) is 10.2. The number of halogens is 1. The van der Waals surface area contributed by atoms with E-state index in [-0.39, 0.29) is 12.0 Å². The average molecular weight is 249 g/mol. The molecule has 0 aliphatic carbocycles. The maximum atomic E-state index is 9.06. The van der Waals surface area contributed by atoms with Gasteiger partial charge in [0, 0.05) is 21.3 Å². The maximum absolute atomic E-state index is 9.06. The zero-order chi connectivity index (χ0) is 9.19. The zero-order valence-electron chi connectivity index (χ0n) is 7.30. The molecule has 0 atom stereocenters. The first-order valence-electron chi connectivity index (χ1n) is 3.87. The fourth-order valence-electron chi connectivity index (χ4n) is 0.974. The largest absolute Gasteiger partial charge is 0.396 e. The summed E-state index contributed by atoms with van der Waals surface area (Å²) in [6.07, 6.45) is 0.944. The van der Waals surface area contributed by atoms with Gasteiger partial charge in [-0.1, -0.05) is 13.8 Å². The van der Waals surface area contributed by atoms with E-state index in [0.29, 0.717) is 0 Å². The third-order valence-electron chi connectivity index (χ3n) is 1.70. The molecule has 0 saturated heterocycles. The second-order valence-corrected chi connectivity index (χ2v) is 5.64. The van der Waals surface area contributed by atoms with Crippen LogP contribution in [-0.2, 0) is 6.42 Å². The van der Waals surface area contributed by atoms with E-state index < -0.39 is 0 Å². The van der Waals surface area contributed by atoms with Gasteiger partial charge in [0.15, 0.2) is 0 Å². The molecule has 1 rings (SSSR count). The first-order valence-corrected chi connectivity index (χ1v) is 5.54. The van der Waals surface area contributed by atoms with Crippen LogP contribution in [0.4, 0.5) is 0 Å². The second-order valence-electron chi connectivity index (χ2n) is 3.73. The summed E-state index contributed by atoms with van der Waals surface area (Å²) in [5, 5.41) is 11.1. The molecular formula is C9H13BrOS. The smallest absolute Gasteiger partial charge is 0.0485 e. The van der Waals surface area contributed by atoms with E-state index in [1.54, 1.807) is 11.3 Å². The third kappa shape index (κ3) is 2.88. The monoisotopic (exact) mass is 248 g/mol. The lowest BCUT2D eigenvalue weighted by atomic mass is 9.90. The van der Waals surface area contributed by atoms with Crippen LogP contribution in [0, 0.1) is 5.41 Å². The Bertz CT molecular complexity index is 255. The van der Waals surface area contributed by atoms with E-state index in [9.17, 15) is 0 Å². The predicted octanol–water partition coefficient (Wildman–Crippen LogP) is 3.07. The highest BCUT2D eigenvalue weighted by Gasteiger charge is 2.17. The molecule has 1 N–H and O–H groups in total. The van der Waals surface area contributed by atoms with Crippen molar-refractivity contribution in [3.05, 3.63) is 20.8 Å². The van der Waals surface area contributed by atoms with Crippen molar-refractivity contribution in [3.63, 3.8) is 0 Å². The van der Waals surface area contributed by atoms with E-state index in [1.807, 2.05) is 0 Å². The van der Waals surface area contributed by atoms with Gasteiger partial charge in [0.1, 0.15) is 0 Å². The summed E-state index contributed by atoms with van der Waals surface area (Å²) >= 11 is 5.14. The van der Waals surface area contributed by atoms with Crippen molar-refractivity contribution in [1.29, 1.82) is 0 Å². The Morgan fingerprint density at radius 3 is 2.67 bits per heavy atom. The predicted molar refractivity (Wildman–Crippen MR) is 56.6 cm³/mol. The number of aliphatic hydroxyl groups excluding tert-OH is 1. The molecule has 1 heterocycles. The molecule has 12 heavy (non-hydrogen) atoms. The molecule has 0 saturated carbocycles. The minimum atomic E-state index is 0.00426. The molecular weight excluding hydrogens is 236 g/mol. The van der Waals surface area contributed by atoms with Gasteiger partial charge >= 0.3 is 0 Å². The summed E-state index contributed by atoms with van der Waals surface area (Å²) in [6.45, 7) is 4.38. The molecule has 0 spiro atoms. The number of aliphatic hydroxyl groups is 1. The SMILES string of the molecule is CC(C)(CO)Cc1cc(Br)cs1. The average Bonchev–Trinajstić information content (AvgIpc) is 2.35. The molecule has 0 aliphatic heterocycles. The minimum absolute atomic E-state index is 0.00426. The van der Waals surface area contributed by atoms with Gasteiger partial charge in [-0.3, -0.25) is 0 Å². The Morgan fingerprint density at radius 1 is 1.58 bits per heavy atom. The normalized spacial score (nSPS) is 12.0. The molecule has 3 heteroatoms. The van der Waals surface area contributed by atoms with Gasteiger partial charge in [-0.05, 0) is 33.8 Å². The van der Waals surface area contributed by atoms with E-state index in [1.165, 1.54) is 4.88 Å². The maximum Gasteiger partial charge on any atom is 0.0485 e. The summed E-state index contributed by atoms with van der Waals surface area (Å²) in [7, 11) is 0. The van der Waals surface area contributed by atoms with Gasteiger partial charge in [-0.25, -0.2) is 0 Å². The van der Waals surface area contributed by atoms with Gasteiger partial charge in [-0.2, -0.15) is 0 Å². The van der Waals surface area contributed by atoms with Gasteiger partial charge in [-0.15, -0.1) is 11.3 Å². The minimum Gasteiger partial charge on any atom is -0.396 e. The summed E-state index contributed by atoms with van der Waals surface area (Å²) < 4.78 is 1.14. The Morgan fingerprint density at radius 2 is 2.25 bits per heavy atom.